The van der Waals surface area contributed by atoms with Crippen LogP contribution < -0.4 is 21.3 Å². The van der Waals surface area contributed by atoms with Crippen LogP contribution in [-0.2, 0) is 13.1 Å². The minimum absolute atomic E-state index is 0.283. The first-order chi connectivity index (χ1) is 36.6. The molecule has 390 valence electrons. The summed E-state index contributed by atoms with van der Waals surface area (Å²) in [6, 6.07) is 30.8. The van der Waals surface area contributed by atoms with Crippen LogP contribution in [-0.4, -0.2) is 66.7 Å². The number of halogens is 3. The van der Waals surface area contributed by atoms with Crippen LogP contribution in [0.3, 0.4) is 0 Å². The normalized spacial score (nSPS) is 11.1. The molecular weight excluding hydrogens is 998 g/mol. The van der Waals surface area contributed by atoms with Gasteiger partial charge in [-0.1, -0.05) is 81.6 Å². The third-order valence-corrected chi connectivity index (χ3v) is 13.6. The van der Waals surface area contributed by atoms with Crippen LogP contribution in [0.4, 0.5) is 46.2 Å². The zero-order valence-corrected chi connectivity index (χ0v) is 45.7. The van der Waals surface area contributed by atoms with Crippen molar-refractivity contribution in [2.75, 3.05) is 49.5 Å². The predicted octanol–water partition coefficient (Wildman–Crippen LogP) is 15.1. The molecule has 4 N–H and O–H groups in total. The monoisotopic (exact) mass is 1060 g/mol. The summed E-state index contributed by atoms with van der Waals surface area (Å²) in [4.78, 5) is 22.8. The molecule has 0 aliphatic heterocycles. The largest absolute Gasteiger partial charge is 0.355 e. The zero-order valence-electron chi connectivity index (χ0n) is 44.1. The summed E-state index contributed by atoms with van der Waals surface area (Å²) in [5, 5.41) is 17.5. The number of fused-ring (bicyclic) bond motifs is 2. The third-order valence-electron chi connectivity index (χ3n) is 12.1. The minimum atomic E-state index is -0.467. The molecule has 0 bridgehead atoms. The second kappa shape index (κ2) is 24.1. The van der Waals surface area contributed by atoms with Gasteiger partial charge in [-0.2, -0.15) is 0 Å². The quantitative estimate of drug-likeness (QED) is 0.0746. The van der Waals surface area contributed by atoms with Crippen molar-refractivity contribution in [2.45, 2.75) is 47.7 Å². The number of aryl methyl sites for hydroxylation is 3. The van der Waals surface area contributed by atoms with Gasteiger partial charge in [0.15, 0.2) is 10.3 Å². The van der Waals surface area contributed by atoms with Crippen LogP contribution in [0, 0.1) is 38.2 Å². The number of hydrogen-bond donors (Lipinski definition) is 4. The van der Waals surface area contributed by atoms with Crippen LogP contribution in [0.1, 0.15) is 52.9 Å². The van der Waals surface area contributed by atoms with Gasteiger partial charge >= 0.3 is 0 Å². The number of hydrogen-bond acceptors (Lipinski definition) is 12. The molecular formula is C59H61F3N12S2. The molecule has 0 unspecified atom stereocenters. The van der Waals surface area contributed by atoms with E-state index in [9.17, 15) is 4.39 Å². The smallest absolute Gasteiger partial charge is 0.187 e. The zero-order chi connectivity index (χ0) is 54.2. The molecule has 0 fully saturated rings. The van der Waals surface area contributed by atoms with Gasteiger partial charge in [-0.25, -0.2) is 33.1 Å². The molecule has 76 heavy (non-hydrogen) atoms. The molecule has 0 amide bonds. The SMILES string of the molecule is C=C(Nc1c(C)cccc1C)c1ccc(Nc2nc(-c3cnc4c(CN(C)C)cccn34)cs2)c(F)c1.C=C(Nc1c(C)cccc1F)c1ccc(Nc2nc(-c3cnc4cccc(CN(C)C)n34)cs2)c(F)c1.CC. The summed E-state index contributed by atoms with van der Waals surface area (Å²) in [5.74, 6) is -1.23. The lowest BCUT2D eigenvalue weighted by Gasteiger charge is -2.15. The Balaban J connectivity index is 0.000000195. The average molecular weight is 1060 g/mol. The lowest BCUT2D eigenvalue weighted by atomic mass is 10.1. The molecule has 6 heterocycles. The molecule has 17 heteroatoms. The molecule has 0 spiro atoms. The number of para-hydroxylation sites is 2. The molecule has 0 saturated heterocycles. The van der Waals surface area contributed by atoms with Gasteiger partial charge in [-0.05, 0) is 114 Å². The van der Waals surface area contributed by atoms with Crippen molar-refractivity contribution in [3.63, 3.8) is 0 Å². The Bertz CT molecular complexity index is 3640. The first-order valence-corrected chi connectivity index (χ1v) is 26.3. The van der Waals surface area contributed by atoms with E-state index >= 15 is 8.78 Å². The molecule has 12 nitrogen and oxygen atoms in total. The number of rotatable bonds is 16. The van der Waals surface area contributed by atoms with Crippen molar-refractivity contribution in [1.82, 2.24) is 38.5 Å². The number of anilines is 6. The van der Waals surface area contributed by atoms with Gasteiger partial charge in [0.05, 0.1) is 40.8 Å². The Morgan fingerprint density at radius 1 is 0.592 bits per heavy atom. The highest BCUT2D eigenvalue weighted by molar-refractivity contribution is 7.14. The summed E-state index contributed by atoms with van der Waals surface area (Å²) in [6.07, 6.45) is 5.62. The summed E-state index contributed by atoms with van der Waals surface area (Å²) in [5.41, 5.74) is 14.4. The van der Waals surface area contributed by atoms with Crippen LogP contribution in [0.2, 0.25) is 0 Å². The third kappa shape index (κ3) is 12.4. The fourth-order valence-electron chi connectivity index (χ4n) is 8.44. The van der Waals surface area contributed by atoms with Gasteiger partial charge < -0.3 is 31.1 Å². The Hall–Kier alpha value is -8.09. The van der Waals surface area contributed by atoms with Gasteiger partial charge in [0, 0.05) is 69.5 Å². The van der Waals surface area contributed by atoms with Gasteiger partial charge in [0.2, 0.25) is 0 Å². The molecule has 10 aromatic rings. The molecule has 4 aromatic carbocycles. The predicted molar refractivity (Wildman–Crippen MR) is 310 cm³/mol. The van der Waals surface area contributed by atoms with Crippen molar-refractivity contribution in [3.8, 4) is 22.8 Å². The van der Waals surface area contributed by atoms with Crippen molar-refractivity contribution in [1.29, 1.82) is 0 Å². The Labute approximate surface area is 450 Å². The number of pyridine rings is 2. The topological polar surface area (TPSA) is 115 Å². The lowest BCUT2D eigenvalue weighted by molar-refractivity contribution is 0.395. The number of aromatic nitrogens is 6. The Morgan fingerprint density at radius 3 is 1.68 bits per heavy atom. The maximum absolute atomic E-state index is 15.1. The lowest BCUT2D eigenvalue weighted by Crippen LogP contribution is -2.13. The number of thiazole rings is 2. The van der Waals surface area contributed by atoms with E-state index in [4.69, 9.17) is 4.98 Å². The van der Waals surface area contributed by atoms with Crippen molar-refractivity contribution in [2.24, 2.45) is 0 Å². The molecule has 0 radical (unpaired) electrons. The van der Waals surface area contributed by atoms with Crippen molar-refractivity contribution >= 4 is 78.4 Å². The maximum atomic E-state index is 15.1. The van der Waals surface area contributed by atoms with E-state index in [1.54, 1.807) is 43.5 Å². The van der Waals surface area contributed by atoms with Crippen LogP contribution in [0.5, 0.6) is 0 Å². The second-order valence-electron chi connectivity index (χ2n) is 18.3. The first kappa shape index (κ1) is 54.2. The number of benzene rings is 4. The van der Waals surface area contributed by atoms with Gasteiger partial charge in [-0.15, -0.1) is 22.7 Å². The van der Waals surface area contributed by atoms with E-state index in [0.717, 1.165) is 80.8 Å². The Morgan fingerprint density at radius 2 is 1.12 bits per heavy atom. The molecule has 6 aromatic heterocycles. The average Bonchev–Trinajstić information content (AvgIpc) is 4.23. The summed E-state index contributed by atoms with van der Waals surface area (Å²) >= 11 is 2.81. The van der Waals surface area contributed by atoms with Crippen LogP contribution in [0.25, 0.3) is 45.5 Å². The number of imidazole rings is 2. The highest BCUT2D eigenvalue weighted by Crippen LogP contribution is 2.34. The van der Waals surface area contributed by atoms with Crippen molar-refractivity contribution < 1.29 is 13.2 Å². The molecule has 0 aliphatic carbocycles. The maximum Gasteiger partial charge on any atom is 0.187 e. The summed E-state index contributed by atoms with van der Waals surface area (Å²) in [7, 11) is 8.11. The van der Waals surface area contributed by atoms with Gasteiger partial charge in [0.25, 0.3) is 0 Å². The second-order valence-corrected chi connectivity index (χ2v) is 20.0. The molecule has 0 aliphatic rings. The fourth-order valence-corrected chi connectivity index (χ4v) is 9.87. The fraction of sp³-hybridized carbons (Fsp3) is 0.186. The number of nitrogens with zero attached hydrogens (tertiary/aromatic N) is 8. The summed E-state index contributed by atoms with van der Waals surface area (Å²) < 4.78 is 48.4. The highest BCUT2D eigenvalue weighted by Gasteiger charge is 2.18. The standard InChI is InChI=1S/C29H29FN6S.C28H26F2N6S.C2H6/c1-18-8-6-9-19(2)27(18)32-20(3)21-11-12-24(23(30)14-21)33-29-34-25(17-37-29)26-15-31-28-22(16-35(4)5)10-7-13-36(26)28;1-17-7-5-9-21(29)27(17)32-18(2)19-11-12-23(22(30)13-19)33-28-34-24(16-37-28)25-14-31-26-10-6-8-20(36(25)26)15-35(3)4;1-2/h6-15,17,32H,3,16H2,1-2,4-5H3,(H,33,34);5-14,16,32H,2,15H2,1,3-4H3,(H,33,34);1-2H3. The van der Waals surface area contributed by atoms with E-state index in [-0.39, 0.29) is 17.3 Å². The van der Waals surface area contributed by atoms with Crippen LogP contribution >= 0.6 is 22.7 Å². The first-order valence-electron chi connectivity index (χ1n) is 24.6. The van der Waals surface area contributed by atoms with Gasteiger partial charge in [0.1, 0.15) is 40.1 Å². The van der Waals surface area contributed by atoms with E-state index in [1.807, 2.05) is 126 Å². The van der Waals surface area contributed by atoms with Crippen LogP contribution in [0.15, 0.2) is 146 Å². The molecule has 0 saturated carbocycles. The van der Waals surface area contributed by atoms with E-state index in [2.05, 4.69) is 75.7 Å². The van der Waals surface area contributed by atoms with Crippen molar-refractivity contribution in [3.05, 3.63) is 202 Å². The van der Waals surface area contributed by atoms with Gasteiger partial charge in [-0.3, -0.25) is 8.80 Å². The summed E-state index contributed by atoms with van der Waals surface area (Å²) in [6.45, 7) is 19.5. The van der Waals surface area contributed by atoms with E-state index in [0.29, 0.717) is 44.2 Å². The minimum Gasteiger partial charge on any atom is -0.355 e. The van der Waals surface area contributed by atoms with E-state index < -0.39 is 5.82 Å². The van der Waals surface area contributed by atoms with E-state index in [1.165, 1.54) is 40.9 Å². The molecule has 0 atom stereocenters. The molecule has 10 rings (SSSR count). The number of nitrogens with one attached hydrogen (secondary N) is 4. The highest BCUT2D eigenvalue weighted by atomic mass is 32.1. The Kier molecular flexibility index (Phi) is 17.2.